The summed E-state index contributed by atoms with van der Waals surface area (Å²) in [7, 11) is 0. The average molecular weight is 408 g/mol. The van der Waals surface area contributed by atoms with Gasteiger partial charge < -0.3 is 10.6 Å². The molecule has 2 amide bonds. The quantitative estimate of drug-likeness (QED) is 0.649. The third kappa shape index (κ3) is 4.92. The Morgan fingerprint density at radius 3 is 2.27 bits per heavy atom. The molecule has 0 aliphatic heterocycles. The Morgan fingerprint density at radius 2 is 1.67 bits per heavy atom. The number of carbonyl (C=O) groups excluding carboxylic acids is 2. The molecule has 1 heterocycles. The molecule has 6 nitrogen and oxygen atoms in total. The minimum Gasteiger partial charge on any atom is -0.350 e. The topological polar surface area (TPSA) is 76.0 Å². The van der Waals surface area contributed by atoms with E-state index in [4.69, 9.17) is 0 Å². The highest BCUT2D eigenvalue weighted by Crippen LogP contribution is 2.19. The van der Waals surface area contributed by atoms with E-state index in [0.29, 0.717) is 11.3 Å². The Balaban J connectivity index is 1.69. The van der Waals surface area contributed by atoms with Crippen molar-refractivity contribution in [1.29, 1.82) is 0 Å². The summed E-state index contributed by atoms with van der Waals surface area (Å²) in [6.45, 7) is 7.52. The lowest BCUT2D eigenvalue weighted by Crippen LogP contribution is -2.30. The van der Waals surface area contributed by atoms with Crippen LogP contribution in [0.25, 0.3) is 5.69 Å². The van der Waals surface area contributed by atoms with Gasteiger partial charge in [-0.05, 0) is 76.2 Å². The van der Waals surface area contributed by atoms with E-state index >= 15 is 0 Å². The number of rotatable bonds is 6. The van der Waals surface area contributed by atoms with E-state index in [-0.39, 0.29) is 30.1 Å². The molecule has 156 valence electrons. The van der Waals surface area contributed by atoms with Gasteiger partial charge in [0.2, 0.25) is 5.91 Å². The third-order valence-electron chi connectivity index (χ3n) is 4.70. The Bertz CT molecular complexity index is 1050. The second-order valence-corrected chi connectivity index (χ2v) is 7.47. The molecular formula is C23H25FN4O2. The van der Waals surface area contributed by atoms with Crippen molar-refractivity contribution in [2.75, 3.05) is 5.32 Å². The van der Waals surface area contributed by atoms with Crippen LogP contribution < -0.4 is 10.6 Å². The maximum atomic E-state index is 13.2. The van der Waals surface area contributed by atoms with Gasteiger partial charge in [-0.3, -0.25) is 9.59 Å². The summed E-state index contributed by atoms with van der Waals surface area (Å²) in [5.41, 5.74) is 4.28. The molecule has 0 aliphatic carbocycles. The van der Waals surface area contributed by atoms with Gasteiger partial charge in [0.25, 0.3) is 5.91 Å². The predicted molar refractivity (Wildman–Crippen MR) is 114 cm³/mol. The van der Waals surface area contributed by atoms with E-state index in [9.17, 15) is 14.0 Å². The average Bonchev–Trinajstić information content (AvgIpc) is 2.97. The van der Waals surface area contributed by atoms with Gasteiger partial charge in [-0.15, -0.1) is 0 Å². The van der Waals surface area contributed by atoms with E-state index in [0.717, 1.165) is 22.6 Å². The highest BCUT2D eigenvalue weighted by Gasteiger charge is 2.16. The molecule has 0 aliphatic rings. The summed E-state index contributed by atoms with van der Waals surface area (Å²) >= 11 is 0. The van der Waals surface area contributed by atoms with Crippen molar-refractivity contribution in [3.8, 4) is 5.69 Å². The molecule has 0 saturated carbocycles. The van der Waals surface area contributed by atoms with Crippen molar-refractivity contribution in [2.45, 2.75) is 40.2 Å². The van der Waals surface area contributed by atoms with Gasteiger partial charge in [0.1, 0.15) is 5.82 Å². The zero-order chi connectivity index (χ0) is 21.8. The van der Waals surface area contributed by atoms with Crippen molar-refractivity contribution in [1.82, 2.24) is 15.1 Å². The highest BCUT2D eigenvalue weighted by molar-refractivity contribution is 5.96. The fourth-order valence-electron chi connectivity index (χ4n) is 3.18. The molecule has 0 unspecified atom stereocenters. The number of hydrogen-bond donors (Lipinski definition) is 2. The first-order chi connectivity index (χ1) is 14.2. The summed E-state index contributed by atoms with van der Waals surface area (Å²) in [5.74, 6) is -0.644. The molecule has 2 N–H and O–H groups in total. The number of aryl methyl sites for hydroxylation is 1. The van der Waals surface area contributed by atoms with Crippen molar-refractivity contribution < 1.29 is 14.0 Å². The van der Waals surface area contributed by atoms with Crippen LogP contribution in [0.2, 0.25) is 0 Å². The monoisotopic (exact) mass is 408 g/mol. The molecule has 7 heteroatoms. The summed E-state index contributed by atoms with van der Waals surface area (Å²) in [4.78, 5) is 24.6. The van der Waals surface area contributed by atoms with Crippen molar-refractivity contribution in [3.63, 3.8) is 0 Å². The molecule has 0 radical (unpaired) electrons. The van der Waals surface area contributed by atoms with Gasteiger partial charge in [0.15, 0.2) is 0 Å². The van der Waals surface area contributed by atoms with Gasteiger partial charge >= 0.3 is 0 Å². The van der Waals surface area contributed by atoms with E-state index in [1.165, 1.54) is 12.1 Å². The van der Waals surface area contributed by atoms with E-state index in [2.05, 4.69) is 15.7 Å². The molecule has 2 aromatic carbocycles. The standard InChI is InChI=1S/C23H25FN4O2/c1-14(2)25-23(30)17-5-9-19(10-6-17)26-22(29)13-21-15(3)27-28(16(21)4)20-11-7-18(24)8-12-20/h5-12,14H,13H2,1-4H3,(H,25,30)(H,26,29). The Morgan fingerprint density at radius 1 is 1.03 bits per heavy atom. The number of aromatic nitrogens is 2. The maximum Gasteiger partial charge on any atom is 0.251 e. The first kappa shape index (κ1) is 21.2. The largest absolute Gasteiger partial charge is 0.350 e. The van der Waals surface area contributed by atoms with Crippen LogP contribution in [-0.4, -0.2) is 27.6 Å². The molecule has 0 bridgehead atoms. The number of amides is 2. The molecule has 30 heavy (non-hydrogen) atoms. The third-order valence-corrected chi connectivity index (χ3v) is 4.70. The zero-order valence-electron chi connectivity index (χ0n) is 17.5. The number of nitrogens with one attached hydrogen (secondary N) is 2. The molecule has 3 rings (SSSR count). The van der Waals surface area contributed by atoms with Crippen molar-refractivity contribution in [2.24, 2.45) is 0 Å². The van der Waals surface area contributed by atoms with Gasteiger partial charge in [0, 0.05) is 28.6 Å². The smallest absolute Gasteiger partial charge is 0.251 e. The number of halogens is 1. The molecular weight excluding hydrogens is 383 g/mol. The second kappa shape index (κ2) is 8.90. The fourth-order valence-corrected chi connectivity index (χ4v) is 3.18. The lowest BCUT2D eigenvalue weighted by atomic mass is 10.1. The van der Waals surface area contributed by atoms with Crippen molar-refractivity contribution in [3.05, 3.63) is 76.9 Å². The Kier molecular flexibility index (Phi) is 6.30. The summed E-state index contributed by atoms with van der Waals surface area (Å²) in [6.07, 6.45) is 0.161. The maximum absolute atomic E-state index is 13.2. The number of benzene rings is 2. The summed E-state index contributed by atoms with van der Waals surface area (Å²) < 4.78 is 14.9. The SMILES string of the molecule is Cc1nn(-c2ccc(F)cc2)c(C)c1CC(=O)Nc1ccc(C(=O)NC(C)C)cc1. The number of carbonyl (C=O) groups is 2. The van der Waals surface area contributed by atoms with E-state index in [1.54, 1.807) is 41.1 Å². The van der Waals surface area contributed by atoms with Crippen LogP contribution in [0, 0.1) is 19.7 Å². The van der Waals surface area contributed by atoms with Crippen LogP contribution in [-0.2, 0) is 11.2 Å². The first-order valence-corrected chi connectivity index (χ1v) is 9.76. The highest BCUT2D eigenvalue weighted by atomic mass is 19.1. The van der Waals surface area contributed by atoms with Crippen molar-refractivity contribution >= 4 is 17.5 Å². The number of anilines is 1. The number of nitrogens with zero attached hydrogens (tertiary/aromatic N) is 2. The molecule has 1 aromatic heterocycles. The first-order valence-electron chi connectivity index (χ1n) is 9.76. The molecule has 3 aromatic rings. The summed E-state index contributed by atoms with van der Waals surface area (Å²) in [5, 5.41) is 10.2. The van der Waals surface area contributed by atoms with Crippen LogP contribution in [0.5, 0.6) is 0 Å². The summed E-state index contributed by atoms with van der Waals surface area (Å²) in [6, 6.07) is 12.9. The van der Waals surface area contributed by atoms with Crippen LogP contribution in [0.15, 0.2) is 48.5 Å². The van der Waals surface area contributed by atoms with Gasteiger partial charge in [-0.2, -0.15) is 5.10 Å². The minimum atomic E-state index is -0.312. The second-order valence-electron chi connectivity index (χ2n) is 7.47. The van der Waals surface area contributed by atoms with Gasteiger partial charge in [-0.25, -0.2) is 9.07 Å². The van der Waals surface area contributed by atoms with Crippen LogP contribution in [0.3, 0.4) is 0 Å². The van der Waals surface area contributed by atoms with Crippen LogP contribution in [0.4, 0.5) is 10.1 Å². The van der Waals surface area contributed by atoms with Gasteiger partial charge in [0.05, 0.1) is 17.8 Å². The van der Waals surface area contributed by atoms with Gasteiger partial charge in [-0.1, -0.05) is 0 Å². The van der Waals surface area contributed by atoms with E-state index in [1.807, 2.05) is 27.7 Å². The lowest BCUT2D eigenvalue weighted by molar-refractivity contribution is -0.115. The molecule has 0 saturated heterocycles. The molecule has 0 atom stereocenters. The van der Waals surface area contributed by atoms with Crippen LogP contribution in [0.1, 0.15) is 41.2 Å². The zero-order valence-corrected chi connectivity index (χ0v) is 17.5. The fraction of sp³-hybridized carbons (Fsp3) is 0.261. The molecule has 0 fully saturated rings. The van der Waals surface area contributed by atoms with E-state index < -0.39 is 0 Å². The Hall–Kier alpha value is -3.48. The minimum absolute atomic E-state index is 0.0548. The normalized spacial score (nSPS) is 10.9. The Labute approximate surface area is 175 Å². The number of hydrogen-bond acceptors (Lipinski definition) is 3. The predicted octanol–water partition coefficient (Wildman–Crippen LogP) is 3.95. The molecule has 0 spiro atoms. The van der Waals surface area contributed by atoms with Crippen LogP contribution >= 0.6 is 0 Å². The lowest BCUT2D eigenvalue weighted by Gasteiger charge is -2.10.